The molecule has 3 aromatic rings. The molecule has 0 aliphatic carbocycles. The maximum absolute atomic E-state index is 9.54. The molecular weight excluding hydrogens is 370 g/mol. The highest BCUT2D eigenvalue weighted by atomic mass is 79.9. The van der Waals surface area contributed by atoms with Gasteiger partial charge in [0.05, 0.1) is 35.3 Å². The number of ether oxygens (including phenoxy) is 2. The molecule has 0 aliphatic rings. The summed E-state index contributed by atoms with van der Waals surface area (Å²) in [4.78, 5) is 7.63. The van der Waals surface area contributed by atoms with Crippen molar-refractivity contribution in [2.75, 3.05) is 14.2 Å². The average molecular weight is 384 g/mol. The molecule has 0 bridgehead atoms. The van der Waals surface area contributed by atoms with E-state index in [1.807, 2.05) is 30.3 Å². The molecule has 0 saturated heterocycles. The average Bonchev–Trinajstić information content (AvgIpc) is 3.03. The molecular formula is C18H14BrN3O2. The van der Waals surface area contributed by atoms with E-state index < -0.39 is 0 Å². The number of halogens is 1. The quantitative estimate of drug-likeness (QED) is 0.677. The first kappa shape index (κ1) is 16.1. The lowest BCUT2D eigenvalue weighted by molar-refractivity contribution is 0.392. The minimum absolute atomic E-state index is 0.418. The van der Waals surface area contributed by atoms with Crippen molar-refractivity contribution in [2.45, 2.75) is 0 Å². The Morgan fingerprint density at radius 3 is 2.62 bits per heavy atom. The van der Waals surface area contributed by atoms with E-state index >= 15 is 0 Å². The summed E-state index contributed by atoms with van der Waals surface area (Å²) >= 11 is 3.45. The number of para-hydroxylation sites is 2. The van der Waals surface area contributed by atoms with Crippen LogP contribution in [-0.2, 0) is 0 Å². The number of rotatable bonds is 4. The summed E-state index contributed by atoms with van der Waals surface area (Å²) in [6.45, 7) is 0. The fourth-order valence-corrected chi connectivity index (χ4v) is 2.91. The molecule has 5 nitrogen and oxygen atoms in total. The summed E-state index contributed by atoms with van der Waals surface area (Å²) in [7, 11) is 3.16. The van der Waals surface area contributed by atoms with Crippen LogP contribution in [0.3, 0.4) is 0 Å². The number of benzene rings is 2. The first-order valence-electron chi connectivity index (χ1n) is 7.14. The van der Waals surface area contributed by atoms with Crippen LogP contribution in [0.1, 0.15) is 11.4 Å². The van der Waals surface area contributed by atoms with Crippen molar-refractivity contribution in [1.29, 1.82) is 5.26 Å². The Labute approximate surface area is 147 Å². The van der Waals surface area contributed by atoms with Gasteiger partial charge in [0.2, 0.25) is 0 Å². The SMILES string of the molecule is COc1cc(OC)c(C=C(C#N)c2nc3ccccc3[nH]2)cc1Br. The van der Waals surface area contributed by atoms with Gasteiger partial charge in [0.1, 0.15) is 23.4 Å². The third-order valence-corrected chi connectivity index (χ3v) is 4.19. The van der Waals surface area contributed by atoms with Gasteiger partial charge in [-0.25, -0.2) is 4.98 Å². The first-order valence-corrected chi connectivity index (χ1v) is 7.94. The van der Waals surface area contributed by atoms with E-state index in [-0.39, 0.29) is 0 Å². The molecule has 6 heteroatoms. The van der Waals surface area contributed by atoms with Crippen LogP contribution in [-0.4, -0.2) is 24.2 Å². The van der Waals surface area contributed by atoms with Gasteiger partial charge in [-0.3, -0.25) is 0 Å². The maximum Gasteiger partial charge on any atom is 0.149 e. The molecule has 0 amide bonds. The Kier molecular flexibility index (Phi) is 4.54. The second-order valence-corrected chi connectivity index (χ2v) is 5.86. The number of aromatic amines is 1. The van der Waals surface area contributed by atoms with Crippen LogP contribution < -0.4 is 9.47 Å². The topological polar surface area (TPSA) is 70.9 Å². The van der Waals surface area contributed by atoms with E-state index in [9.17, 15) is 5.26 Å². The van der Waals surface area contributed by atoms with Crippen molar-refractivity contribution in [3.63, 3.8) is 0 Å². The number of fused-ring (bicyclic) bond motifs is 1. The second-order valence-electron chi connectivity index (χ2n) is 5.00. The first-order chi connectivity index (χ1) is 11.7. The summed E-state index contributed by atoms with van der Waals surface area (Å²) in [6, 6.07) is 13.5. The molecule has 0 spiro atoms. The lowest BCUT2D eigenvalue weighted by Crippen LogP contribution is -1.92. The highest BCUT2D eigenvalue weighted by Crippen LogP contribution is 2.34. The van der Waals surface area contributed by atoms with Crippen LogP contribution in [0.25, 0.3) is 22.7 Å². The van der Waals surface area contributed by atoms with Crippen molar-refractivity contribution in [3.8, 4) is 17.6 Å². The zero-order valence-corrected chi connectivity index (χ0v) is 14.7. The van der Waals surface area contributed by atoms with Gasteiger partial charge in [0.15, 0.2) is 0 Å². The molecule has 0 fully saturated rings. The molecule has 1 aromatic heterocycles. The number of aromatic nitrogens is 2. The summed E-state index contributed by atoms with van der Waals surface area (Å²) < 4.78 is 11.4. The number of imidazole rings is 1. The molecule has 0 aliphatic heterocycles. The van der Waals surface area contributed by atoms with Gasteiger partial charge in [-0.05, 0) is 40.2 Å². The molecule has 120 valence electrons. The Hall–Kier alpha value is -2.78. The summed E-state index contributed by atoms with van der Waals surface area (Å²) in [5.74, 6) is 1.79. The lowest BCUT2D eigenvalue weighted by atomic mass is 10.1. The van der Waals surface area contributed by atoms with Crippen molar-refractivity contribution in [1.82, 2.24) is 9.97 Å². The van der Waals surface area contributed by atoms with Crippen molar-refractivity contribution in [2.24, 2.45) is 0 Å². The minimum atomic E-state index is 0.418. The fourth-order valence-electron chi connectivity index (χ4n) is 2.39. The Morgan fingerprint density at radius 1 is 1.21 bits per heavy atom. The number of hydrogen-bond acceptors (Lipinski definition) is 4. The smallest absolute Gasteiger partial charge is 0.149 e. The van der Waals surface area contributed by atoms with Gasteiger partial charge in [-0.2, -0.15) is 5.26 Å². The van der Waals surface area contributed by atoms with E-state index in [4.69, 9.17) is 9.47 Å². The fraction of sp³-hybridized carbons (Fsp3) is 0.111. The Morgan fingerprint density at radius 2 is 1.96 bits per heavy atom. The predicted molar refractivity (Wildman–Crippen MR) is 96.8 cm³/mol. The van der Waals surface area contributed by atoms with Gasteiger partial charge >= 0.3 is 0 Å². The van der Waals surface area contributed by atoms with Gasteiger partial charge in [0, 0.05) is 11.6 Å². The predicted octanol–water partition coefficient (Wildman–Crippen LogP) is 4.41. The van der Waals surface area contributed by atoms with Crippen LogP contribution >= 0.6 is 15.9 Å². The second kappa shape index (κ2) is 6.77. The number of nitrogens with one attached hydrogen (secondary N) is 1. The van der Waals surface area contributed by atoms with Crippen molar-refractivity contribution < 1.29 is 9.47 Å². The molecule has 3 rings (SSSR count). The molecule has 0 radical (unpaired) electrons. The van der Waals surface area contributed by atoms with E-state index in [2.05, 4.69) is 32.0 Å². The van der Waals surface area contributed by atoms with E-state index in [1.165, 1.54) is 0 Å². The van der Waals surface area contributed by atoms with Gasteiger partial charge in [-0.1, -0.05) is 12.1 Å². The molecule has 1 heterocycles. The monoisotopic (exact) mass is 383 g/mol. The number of nitrogens with zero attached hydrogens (tertiary/aromatic N) is 2. The Balaban J connectivity index is 2.11. The Bertz CT molecular complexity index is 937. The van der Waals surface area contributed by atoms with Crippen LogP contribution in [0, 0.1) is 11.3 Å². The highest BCUT2D eigenvalue weighted by molar-refractivity contribution is 9.10. The maximum atomic E-state index is 9.54. The number of nitriles is 1. The number of hydrogen-bond donors (Lipinski definition) is 1. The molecule has 24 heavy (non-hydrogen) atoms. The molecule has 0 saturated carbocycles. The largest absolute Gasteiger partial charge is 0.496 e. The van der Waals surface area contributed by atoms with Crippen LogP contribution in [0.2, 0.25) is 0 Å². The lowest BCUT2D eigenvalue weighted by Gasteiger charge is -2.10. The zero-order valence-electron chi connectivity index (χ0n) is 13.1. The third kappa shape index (κ3) is 2.99. The third-order valence-electron chi connectivity index (χ3n) is 3.57. The minimum Gasteiger partial charge on any atom is -0.496 e. The number of allylic oxidation sites excluding steroid dienone is 1. The molecule has 0 atom stereocenters. The molecule has 2 aromatic carbocycles. The highest BCUT2D eigenvalue weighted by Gasteiger charge is 2.12. The van der Waals surface area contributed by atoms with Gasteiger partial charge in [0.25, 0.3) is 0 Å². The van der Waals surface area contributed by atoms with Crippen LogP contribution in [0.5, 0.6) is 11.5 Å². The standard InChI is InChI=1S/C18H14BrN3O2/c1-23-16-9-17(24-2)13(19)8-11(16)7-12(10-20)18-21-14-5-3-4-6-15(14)22-18/h3-9H,1-2H3,(H,21,22). The summed E-state index contributed by atoms with van der Waals surface area (Å²) in [5.41, 5.74) is 2.87. The molecule has 0 unspecified atom stereocenters. The van der Waals surface area contributed by atoms with Crippen molar-refractivity contribution in [3.05, 3.63) is 52.3 Å². The summed E-state index contributed by atoms with van der Waals surface area (Å²) in [5, 5.41) is 9.54. The van der Waals surface area contributed by atoms with Gasteiger partial charge in [-0.15, -0.1) is 0 Å². The van der Waals surface area contributed by atoms with Crippen LogP contribution in [0.4, 0.5) is 0 Å². The van der Waals surface area contributed by atoms with E-state index in [0.29, 0.717) is 22.9 Å². The molecule has 1 N–H and O–H groups in total. The van der Waals surface area contributed by atoms with E-state index in [0.717, 1.165) is 21.1 Å². The van der Waals surface area contributed by atoms with Crippen LogP contribution in [0.15, 0.2) is 40.9 Å². The summed E-state index contributed by atoms with van der Waals surface area (Å²) in [6.07, 6.45) is 1.74. The normalized spacial score (nSPS) is 11.3. The number of H-pyrrole nitrogens is 1. The zero-order chi connectivity index (χ0) is 17.1. The number of methoxy groups -OCH3 is 2. The van der Waals surface area contributed by atoms with Gasteiger partial charge < -0.3 is 14.5 Å². The van der Waals surface area contributed by atoms with Crippen molar-refractivity contribution >= 4 is 38.6 Å². The van der Waals surface area contributed by atoms with E-state index in [1.54, 1.807) is 26.4 Å².